The largest absolute Gasteiger partial charge is 0.496 e. The maximum absolute atomic E-state index is 12.4. The zero-order valence-electron chi connectivity index (χ0n) is 16.8. The van der Waals surface area contributed by atoms with Crippen molar-refractivity contribution in [2.24, 2.45) is 0 Å². The van der Waals surface area contributed by atoms with Crippen molar-refractivity contribution in [3.05, 3.63) is 18.0 Å². The van der Waals surface area contributed by atoms with Gasteiger partial charge in [-0.1, -0.05) is 0 Å². The van der Waals surface area contributed by atoms with Crippen molar-refractivity contribution in [2.75, 3.05) is 11.9 Å². The van der Waals surface area contributed by atoms with Gasteiger partial charge in [0.05, 0.1) is 23.1 Å². The molecule has 2 rings (SSSR count). The molecule has 0 bridgehead atoms. The second-order valence-electron chi connectivity index (χ2n) is 8.50. The molecule has 138 valence electrons. The van der Waals surface area contributed by atoms with Gasteiger partial charge in [-0.3, -0.25) is 9.88 Å². The van der Waals surface area contributed by atoms with E-state index in [2.05, 4.69) is 4.98 Å². The summed E-state index contributed by atoms with van der Waals surface area (Å²) in [6.45, 7) is 15.5. The molecule has 1 amide bonds. The molecule has 0 spiro atoms. The van der Waals surface area contributed by atoms with Gasteiger partial charge in [-0.2, -0.15) is 0 Å². The number of hydrogen-bond acceptors (Lipinski definition) is 5. The summed E-state index contributed by atoms with van der Waals surface area (Å²) in [5.41, 5.74) is 0.930. The number of anilines is 1. The lowest BCUT2D eigenvalue weighted by Crippen LogP contribution is -2.41. The van der Waals surface area contributed by atoms with Gasteiger partial charge in [-0.05, 0) is 61.0 Å². The summed E-state index contributed by atoms with van der Waals surface area (Å²) in [7, 11) is 1.15. The van der Waals surface area contributed by atoms with E-state index in [9.17, 15) is 4.79 Å². The molecule has 6 nitrogen and oxygen atoms in total. The maximum atomic E-state index is 12.4. The predicted octanol–water partition coefficient (Wildman–Crippen LogP) is 3.06. The Morgan fingerprint density at radius 1 is 1.16 bits per heavy atom. The Balaban J connectivity index is 2.31. The normalized spacial score (nSPS) is 19.0. The predicted molar refractivity (Wildman–Crippen MR) is 99.3 cm³/mol. The Morgan fingerprint density at radius 3 is 2.16 bits per heavy atom. The molecule has 1 saturated heterocycles. The van der Waals surface area contributed by atoms with Crippen molar-refractivity contribution in [2.45, 2.75) is 72.2 Å². The molecule has 0 N–H and O–H groups in total. The van der Waals surface area contributed by atoms with E-state index >= 15 is 0 Å². The van der Waals surface area contributed by atoms with Crippen molar-refractivity contribution >= 4 is 24.4 Å². The highest BCUT2D eigenvalue weighted by Gasteiger charge is 2.52. The van der Waals surface area contributed by atoms with Gasteiger partial charge < -0.3 is 14.0 Å². The fraction of sp³-hybridized carbons (Fsp3) is 0.667. The van der Waals surface area contributed by atoms with Crippen LogP contribution in [0.3, 0.4) is 0 Å². The smallest absolute Gasteiger partial charge is 0.443 e. The van der Waals surface area contributed by atoms with Gasteiger partial charge in [0.15, 0.2) is 0 Å². The Hall–Kier alpha value is -1.60. The highest BCUT2D eigenvalue weighted by atomic mass is 16.7. The summed E-state index contributed by atoms with van der Waals surface area (Å²) in [6.07, 6.45) is 2.95. The molecule has 1 fully saturated rings. The molecule has 0 saturated carbocycles. The molecule has 25 heavy (non-hydrogen) atoms. The minimum absolute atomic E-state index is 0.427. The summed E-state index contributed by atoms with van der Waals surface area (Å²) in [6, 6.07) is 0. The first-order valence-electron chi connectivity index (χ1n) is 8.52. The lowest BCUT2D eigenvalue weighted by molar-refractivity contribution is 0.00578. The van der Waals surface area contributed by atoms with Crippen molar-refractivity contribution in [3.63, 3.8) is 0 Å². The van der Waals surface area contributed by atoms with Gasteiger partial charge in [0.1, 0.15) is 5.60 Å². The van der Waals surface area contributed by atoms with E-state index in [1.165, 1.54) is 4.90 Å². The summed E-state index contributed by atoms with van der Waals surface area (Å²) >= 11 is 0. The van der Waals surface area contributed by atoms with Crippen LogP contribution in [0.25, 0.3) is 0 Å². The molecule has 1 aromatic rings. The average molecular weight is 348 g/mol. The number of hydrogen-bond donors (Lipinski definition) is 0. The van der Waals surface area contributed by atoms with Crippen LogP contribution in [-0.2, 0) is 14.0 Å². The molecule has 0 atom stereocenters. The topological polar surface area (TPSA) is 60.9 Å². The number of nitrogens with zero attached hydrogens (tertiary/aromatic N) is 2. The third-order valence-electron chi connectivity index (χ3n) is 4.76. The molecule has 0 aliphatic carbocycles. The highest BCUT2D eigenvalue weighted by molar-refractivity contribution is 6.62. The minimum atomic E-state index is -0.560. The Kier molecular flexibility index (Phi) is 4.96. The van der Waals surface area contributed by atoms with Crippen LogP contribution in [-0.4, -0.2) is 42.0 Å². The van der Waals surface area contributed by atoms with Crippen LogP contribution >= 0.6 is 0 Å². The molecule has 0 aromatic carbocycles. The minimum Gasteiger partial charge on any atom is -0.443 e. The standard InChI is InChI=1S/C18H29BN2O4/c1-12-13(19-24-17(5,6)18(7,8)25-19)10-20-11-14(12)21(9)15(22)23-16(2,3)4/h10-11H,1-9H3. The Labute approximate surface area is 151 Å². The monoisotopic (exact) mass is 348 g/mol. The number of ether oxygens (including phenoxy) is 1. The first-order chi connectivity index (χ1) is 11.3. The molecular formula is C18H29BN2O4. The van der Waals surface area contributed by atoms with Crippen LogP contribution in [0.1, 0.15) is 54.0 Å². The van der Waals surface area contributed by atoms with Crippen LogP contribution in [0, 0.1) is 6.92 Å². The van der Waals surface area contributed by atoms with Gasteiger partial charge in [0.25, 0.3) is 0 Å². The maximum Gasteiger partial charge on any atom is 0.496 e. The number of carbonyl (C=O) groups excluding carboxylic acids is 1. The SMILES string of the molecule is Cc1c(B2OC(C)(C)C(C)(C)O2)cncc1N(C)C(=O)OC(C)(C)C. The lowest BCUT2D eigenvalue weighted by atomic mass is 9.77. The fourth-order valence-corrected chi connectivity index (χ4v) is 2.50. The van der Waals surface area contributed by atoms with Gasteiger partial charge >= 0.3 is 13.2 Å². The highest BCUT2D eigenvalue weighted by Crippen LogP contribution is 2.37. The summed E-state index contributed by atoms with van der Waals surface area (Å²) in [5, 5.41) is 0. The Bertz CT molecular complexity index is 652. The van der Waals surface area contributed by atoms with Crippen LogP contribution in [0.15, 0.2) is 12.4 Å². The molecule has 1 aliphatic rings. The van der Waals surface area contributed by atoms with Crippen molar-refractivity contribution < 1.29 is 18.8 Å². The van der Waals surface area contributed by atoms with Crippen LogP contribution in [0.5, 0.6) is 0 Å². The van der Waals surface area contributed by atoms with Gasteiger partial charge in [-0.15, -0.1) is 0 Å². The molecule has 2 heterocycles. The van der Waals surface area contributed by atoms with E-state index in [1.54, 1.807) is 19.4 Å². The second kappa shape index (κ2) is 6.29. The van der Waals surface area contributed by atoms with E-state index < -0.39 is 30.0 Å². The van der Waals surface area contributed by atoms with Crippen molar-refractivity contribution in [1.82, 2.24) is 4.98 Å². The average Bonchev–Trinajstić information content (AvgIpc) is 2.64. The molecular weight excluding hydrogens is 319 g/mol. The lowest BCUT2D eigenvalue weighted by Gasteiger charge is -2.32. The molecule has 1 aliphatic heterocycles. The van der Waals surface area contributed by atoms with Gasteiger partial charge in [0.2, 0.25) is 0 Å². The van der Waals surface area contributed by atoms with E-state index in [1.807, 2.05) is 55.4 Å². The number of rotatable bonds is 2. The summed E-state index contributed by atoms with van der Waals surface area (Å²) in [5.74, 6) is 0. The quantitative estimate of drug-likeness (QED) is 0.769. The second-order valence-corrected chi connectivity index (χ2v) is 8.50. The van der Waals surface area contributed by atoms with Crippen LogP contribution in [0.4, 0.5) is 10.5 Å². The molecule has 0 radical (unpaired) electrons. The van der Waals surface area contributed by atoms with Crippen LogP contribution < -0.4 is 10.4 Å². The molecule has 0 unspecified atom stereocenters. The third kappa shape index (κ3) is 3.98. The summed E-state index contributed by atoms with van der Waals surface area (Å²) in [4.78, 5) is 18.1. The van der Waals surface area contributed by atoms with Gasteiger partial charge in [-0.25, -0.2) is 4.79 Å². The number of amides is 1. The number of carbonyl (C=O) groups is 1. The van der Waals surface area contributed by atoms with Gasteiger partial charge in [0, 0.05) is 18.7 Å². The summed E-state index contributed by atoms with van der Waals surface area (Å²) < 4.78 is 17.7. The van der Waals surface area contributed by atoms with Crippen molar-refractivity contribution in [1.29, 1.82) is 0 Å². The van der Waals surface area contributed by atoms with Crippen molar-refractivity contribution in [3.8, 4) is 0 Å². The van der Waals surface area contributed by atoms with E-state index in [0.717, 1.165) is 11.0 Å². The van der Waals surface area contributed by atoms with E-state index in [0.29, 0.717) is 5.69 Å². The third-order valence-corrected chi connectivity index (χ3v) is 4.76. The first kappa shape index (κ1) is 19.7. The van der Waals surface area contributed by atoms with E-state index in [4.69, 9.17) is 14.0 Å². The zero-order chi connectivity index (χ0) is 19.2. The van der Waals surface area contributed by atoms with E-state index in [-0.39, 0.29) is 0 Å². The fourth-order valence-electron chi connectivity index (χ4n) is 2.50. The molecule has 7 heteroatoms. The number of pyridine rings is 1. The molecule has 1 aromatic heterocycles. The zero-order valence-corrected chi connectivity index (χ0v) is 16.8. The number of aromatic nitrogens is 1. The first-order valence-corrected chi connectivity index (χ1v) is 8.52. The Morgan fingerprint density at radius 2 is 1.68 bits per heavy atom. The van der Waals surface area contributed by atoms with Crippen LogP contribution in [0.2, 0.25) is 0 Å².